The van der Waals surface area contributed by atoms with Gasteiger partial charge < -0.3 is 9.47 Å². The highest BCUT2D eigenvalue weighted by molar-refractivity contribution is 6.10. The van der Waals surface area contributed by atoms with Crippen molar-refractivity contribution in [3.8, 4) is 27.9 Å². The molecule has 1 aliphatic rings. The van der Waals surface area contributed by atoms with Crippen molar-refractivity contribution in [2.45, 2.75) is 19.3 Å². The van der Waals surface area contributed by atoms with Crippen LogP contribution in [0.25, 0.3) is 49.7 Å². The molecule has 0 saturated carbocycles. The minimum atomic E-state index is -0.0958. The summed E-state index contributed by atoms with van der Waals surface area (Å²) in [5, 5.41) is 2.33. The van der Waals surface area contributed by atoms with Gasteiger partial charge in [0.2, 0.25) is 0 Å². The molecule has 0 aliphatic heterocycles. The van der Waals surface area contributed by atoms with Crippen LogP contribution in [-0.2, 0) is 5.41 Å². The van der Waals surface area contributed by atoms with Gasteiger partial charge in [0, 0.05) is 51.3 Å². The summed E-state index contributed by atoms with van der Waals surface area (Å²) < 4.78 is 2.36. The van der Waals surface area contributed by atoms with E-state index in [1.807, 2.05) is 12.4 Å². The van der Waals surface area contributed by atoms with Crippen molar-refractivity contribution >= 4 is 38.9 Å². The molecule has 0 spiro atoms. The van der Waals surface area contributed by atoms with Crippen molar-refractivity contribution in [1.29, 1.82) is 0 Å². The van der Waals surface area contributed by atoms with Gasteiger partial charge >= 0.3 is 0 Å². The average Bonchev–Trinajstić information content (AvgIpc) is 3.58. The largest absolute Gasteiger partial charge is 0.310 e. The molecular formula is C44H33N3. The average molecular weight is 604 g/mol. The Morgan fingerprint density at radius 1 is 0.511 bits per heavy atom. The minimum Gasteiger partial charge on any atom is -0.310 e. The number of benzene rings is 6. The van der Waals surface area contributed by atoms with E-state index in [4.69, 9.17) is 0 Å². The standard InChI is InChI=1S/C44H33N3/c1-44(2)40-16-10-9-15-36(40)37-23-21-34(27-41(37)44)46(33-19-17-31(18-20-33)30-11-5-3-6-12-30)35-22-24-38-39-29-45-26-25-42(39)47(43(38)28-35)32-13-7-4-8-14-32/h3-29H,1-2H3. The van der Waals surface area contributed by atoms with Crippen molar-refractivity contribution < 1.29 is 0 Å². The van der Waals surface area contributed by atoms with Gasteiger partial charge in [-0.3, -0.25) is 4.98 Å². The smallest absolute Gasteiger partial charge is 0.0571 e. The monoisotopic (exact) mass is 603 g/mol. The van der Waals surface area contributed by atoms with E-state index in [-0.39, 0.29) is 5.41 Å². The highest BCUT2D eigenvalue weighted by Gasteiger charge is 2.35. The Labute approximate surface area is 275 Å². The first-order chi connectivity index (χ1) is 23.1. The third-order valence-corrected chi connectivity index (χ3v) is 9.88. The SMILES string of the molecule is CC1(C)c2ccccc2-c2ccc(N(c3ccc(-c4ccccc4)cc3)c3ccc4c5cnccc5n(-c5ccccc5)c4c3)cc21. The second kappa shape index (κ2) is 10.6. The van der Waals surface area contributed by atoms with Crippen LogP contribution >= 0.6 is 0 Å². The molecule has 0 radical (unpaired) electrons. The maximum atomic E-state index is 4.50. The number of nitrogens with zero attached hydrogens (tertiary/aromatic N) is 3. The molecule has 1 aliphatic carbocycles. The van der Waals surface area contributed by atoms with Gasteiger partial charge in [0.05, 0.1) is 11.0 Å². The summed E-state index contributed by atoms with van der Waals surface area (Å²) >= 11 is 0. The van der Waals surface area contributed by atoms with Gasteiger partial charge in [-0.05, 0) is 88.0 Å². The minimum absolute atomic E-state index is 0.0958. The van der Waals surface area contributed by atoms with Crippen LogP contribution in [-0.4, -0.2) is 9.55 Å². The Kier molecular flexibility index (Phi) is 6.16. The molecule has 2 aromatic heterocycles. The van der Waals surface area contributed by atoms with E-state index < -0.39 is 0 Å². The summed E-state index contributed by atoms with van der Waals surface area (Å²) in [5.74, 6) is 0. The van der Waals surface area contributed by atoms with Crippen molar-refractivity contribution in [3.05, 3.63) is 175 Å². The number of hydrogen-bond donors (Lipinski definition) is 0. The summed E-state index contributed by atoms with van der Waals surface area (Å²) in [6.07, 6.45) is 3.86. The molecule has 0 amide bonds. The first-order valence-electron chi connectivity index (χ1n) is 16.2. The molecule has 2 heterocycles. The Balaban J connectivity index is 1.26. The van der Waals surface area contributed by atoms with E-state index in [1.54, 1.807) is 0 Å². The predicted molar refractivity (Wildman–Crippen MR) is 196 cm³/mol. The van der Waals surface area contributed by atoms with Gasteiger partial charge in [-0.1, -0.05) is 111 Å². The number of fused-ring (bicyclic) bond motifs is 6. The van der Waals surface area contributed by atoms with Crippen LogP contribution in [0.1, 0.15) is 25.0 Å². The third-order valence-electron chi connectivity index (χ3n) is 9.88. The highest BCUT2D eigenvalue weighted by Crippen LogP contribution is 2.51. The summed E-state index contributed by atoms with van der Waals surface area (Å²) in [4.78, 5) is 6.90. The van der Waals surface area contributed by atoms with E-state index in [0.717, 1.165) is 39.2 Å². The zero-order valence-corrected chi connectivity index (χ0v) is 26.4. The van der Waals surface area contributed by atoms with Gasteiger partial charge in [0.15, 0.2) is 0 Å². The Morgan fingerprint density at radius 3 is 1.96 bits per heavy atom. The van der Waals surface area contributed by atoms with Crippen molar-refractivity contribution in [1.82, 2.24) is 9.55 Å². The molecule has 47 heavy (non-hydrogen) atoms. The van der Waals surface area contributed by atoms with E-state index in [9.17, 15) is 0 Å². The van der Waals surface area contributed by atoms with Crippen LogP contribution in [0.2, 0.25) is 0 Å². The van der Waals surface area contributed by atoms with E-state index in [1.165, 1.54) is 38.8 Å². The third kappa shape index (κ3) is 4.31. The van der Waals surface area contributed by atoms with Gasteiger partial charge in [0.1, 0.15) is 0 Å². The van der Waals surface area contributed by atoms with Crippen LogP contribution in [0, 0.1) is 0 Å². The molecule has 3 heteroatoms. The zero-order valence-electron chi connectivity index (χ0n) is 26.4. The Morgan fingerprint density at radius 2 is 1.15 bits per heavy atom. The lowest BCUT2D eigenvalue weighted by molar-refractivity contribution is 0.660. The molecule has 6 aromatic carbocycles. The Bertz CT molecular complexity index is 2420. The van der Waals surface area contributed by atoms with Crippen molar-refractivity contribution in [2.24, 2.45) is 0 Å². The van der Waals surface area contributed by atoms with Crippen LogP contribution in [0.15, 0.2) is 164 Å². The van der Waals surface area contributed by atoms with Crippen LogP contribution in [0.5, 0.6) is 0 Å². The van der Waals surface area contributed by atoms with Crippen molar-refractivity contribution in [2.75, 3.05) is 4.90 Å². The second-order valence-electron chi connectivity index (χ2n) is 12.9. The molecule has 224 valence electrons. The van der Waals surface area contributed by atoms with E-state index in [2.05, 4.69) is 180 Å². The molecule has 0 bridgehead atoms. The predicted octanol–water partition coefficient (Wildman–Crippen LogP) is 11.6. The number of hydrogen-bond acceptors (Lipinski definition) is 2. The molecule has 0 atom stereocenters. The number of pyridine rings is 1. The lowest BCUT2D eigenvalue weighted by atomic mass is 9.82. The molecule has 3 nitrogen and oxygen atoms in total. The van der Waals surface area contributed by atoms with Crippen LogP contribution in [0.3, 0.4) is 0 Å². The number of para-hydroxylation sites is 1. The fourth-order valence-corrected chi connectivity index (χ4v) is 7.56. The second-order valence-corrected chi connectivity index (χ2v) is 12.9. The lowest BCUT2D eigenvalue weighted by Gasteiger charge is -2.28. The Hall–Kier alpha value is -5.93. The van der Waals surface area contributed by atoms with E-state index >= 15 is 0 Å². The van der Waals surface area contributed by atoms with Gasteiger partial charge in [-0.2, -0.15) is 0 Å². The van der Waals surface area contributed by atoms with Crippen LogP contribution in [0.4, 0.5) is 17.1 Å². The number of rotatable bonds is 5. The molecule has 0 fully saturated rings. The fraction of sp³-hybridized carbons (Fsp3) is 0.0682. The molecule has 8 aromatic rings. The highest BCUT2D eigenvalue weighted by atomic mass is 15.1. The first-order valence-corrected chi connectivity index (χ1v) is 16.2. The molecule has 9 rings (SSSR count). The molecule has 0 saturated heterocycles. The summed E-state index contributed by atoms with van der Waals surface area (Å²) in [7, 11) is 0. The van der Waals surface area contributed by atoms with Gasteiger partial charge in [-0.15, -0.1) is 0 Å². The zero-order chi connectivity index (χ0) is 31.5. The molecule has 0 unspecified atom stereocenters. The lowest BCUT2D eigenvalue weighted by Crippen LogP contribution is -2.16. The first kappa shape index (κ1) is 27.4. The number of anilines is 3. The summed E-state index contributed by atoms with van der Waals surface area (Å²) in [5.41, 5.74) is 14.5. The summed E-state index contributed by atoms with van der Waals surface area (Å²) in [6.45, 7) is 4.69. The van der Waals surface area contributed by atoms with Gasteiger partial charge in [0.25, 0.3) is 0 Å². The normalized spacial score (nSPS) is 13.1. The van der Waals surface area contributed by atoms with Gasteiger partial charge in [-0.25, -0.2) is 0 Å². The number of aromatic nitrogens is 2. The maximum Gasteiger partial charge on any atom is 0.0571 e. The topological polar surface area (TPSA) is 21.1 Å². The molecule has 0 N–H and O–H groups in total. The maximum absolute atomic E-state index is 4.50. The van der Waals surface area contributed by atoms with Crippen LogP contribution < -0.4 is 4.90 Å². The van der Waals surface area contributed by atoms with E-state index in [0.29, 0.717) is 0 Å². The van der Waals surface area contributed by atoms with Crippen molar-refractivity contribution in [3.63, 3.8) is 0 Å². The quantitative estimate of drug-likeness (QED) is 0.195. The molecular weight excluding hydrogens is 571 g/mol. The fourth-order valence-electron chi connectivity index (χ4n) is 7.56. The summed E-state index contributed by atoms with van der Waals surface area (Å²) in [6, 6.07) is 54.9.